The van der Waals surface area contributed by atoms with Gasteiger partial charge in [0.15, 0.2) is 0 Å². The minimum Gasteiger partial charge on any atom is -0.393 e. The second-order valence-electron chi connectivity index (χ2n) is 7.18. The molecule has 5 nitrogen and oxygen atoms in total. The maximum Gasteiger partial charge on any atom is 0.317 e. The van der Waals surface area contributed by atoms with Crippen molar-refractivity contribution >= 4 is 6.03 Å². The molecule has 2 fully saturated rings. The molecule has 0 aromatic rings. The first-order valence-corrected chi connectivity index (χ1v) is 7.67. The summed E-state index contributed by atoms with van der Waals surface area (Å²) in [6.07, 6.45) is 3.69. The Morgan fingerprint density at radius 2 is 2.20 bits per heavy atom. The lowest BCUT2D eigenvalue weighted by Crippen LogP contribution is -2.59. The van der Waals surface area contributed by atoms with Crippen molar-refractivity contribution in [2.75, 3.05) is 26.2 Å². The molecule has 1 atom stereocenters. The average Bonchev–Trinajstić information content (AvgIpc) is 2.33. The van der Waals surface area contributed by atoms with Gasteiger partial charge in [-0.25, -0.2) is 4.79 Å². The fourth-order valence-electron chi connectivity index (χ4n) is 3.19. The molecule has 1 spiro atoms. The van der Waals surface area contributed by atoms with Crippen LogP contribution in [0.3, 0.4) is 0 Å². The maximum atomic E-state index is 12.3. The van der Waals surface area contributed by atoms with Crippen LogP contribution >= 0.6 is 0 Å². The van der Waals surface area contributed by atoms with E-state index in [4.69, 9.17) is 4.74 Å². The van der Waals surface area contributed by atoms with Gasteiger partial charge in [-0.15, -0.1) is 0 Å². The minimum absolute atomic E-state index is 0.00163. The average molecular weight is 284 g/mol. The van der Waals surface area contributed by atoms with Gasteiger partial charge in [0.25, 0.3) is 0 Å². The van der Waals surface area contributed by atoms with E-state index < -0.39 is 0 Å². The molecule has 2 aliphatic rings. The fourth-order valence-corrected chi connectivity index (χ4v) is 3.19. The van der Waals surface area contributed by atoms with Gasteiger partial charge in [0.1, 0.15) is 0 Å². The number of morpholine rings is 1. The van der Waals surface area contributed by atoms with Crippen LogP contribution < -0.4 is 5.32 Å². The predicted octanol–water partition coefficient (Wildman–Crippen LogP) is 1.75. The van der Waals surface area contributed by atoms with Gasteiger partial charge in [-0.3, -0.25) is 0 Å². The van der Waals surface area contributed by atoms with Crippen molar-refractivity contribution in [3.05, 3.63) is 0 Å². The zero-order valence-corrected chi connectivity index (χ0v) is 12.9. The van der Waals surface area contributed by atoms with Gasteiger partial charge in [-0.05, 0) is 38.0 Å². The van der Waals surface area contributed by atoms with Crippen molar-refractivity contribution in [2.45, 2.75) is 58.2 Å². The van der Waals surface area contributed by atoms with Gasteiger partial charge in [-0.1, -0.05) is 13.8 Å². The molecule has 116 valence electrons. The van der Waals surface area contributed by atoms with Crippen LogP contribution in [0.4, 0.5) is 4.79 Å². The first-order chi connectivity index (χ1) is 9.32. The Bertz CT molecular complexity index is 351. The summed E-state index contributed by atoms with van der Waals surface area (Å²) in [5.41, 5.74) is -0.144. The summed E-state index contributed by atoms with van der Waals surface area (Å²) in [7, 11) is 0. The summed E-state index contributed by atoms with van der Waals surface area (Å²) in [5.74, 6) is 0. The summed E-state index contributed by atoms with van der Waals surface area (Å²) in [5, 5.41) is 12.5. The predicted molar refractivity (Wildman–Crippen MR) is 77.6 cm³/mol. The van der Waals surface area contributed by atoms with Crippen LogP contribution in [0.15, 0.2) is 0 Å². The largest absolute Gasteiger partial charge is 0.393 e. The van der Waals surface area contributed by atoms with E-state index in [1.54, 1.807) is 6.92 Å². The number of ether oxygens (including phenoxy) is 1. The molecule has 0 bridgehead atoms. The Balaban J connectivity index is 1.79. The highest BCUT2D eigenvalue weighted by Crippen LogP contribution is 2.38. The van der Waals surface area contributed by atoms with E-state index in [9.17, 15) is 9.90 Å². The van der Waals surface area contributed by atoms with Crippen molar-refractivity contribution < 1.29 is 14.6 Å². The van der Waals surface area contributed by atoms with E-state index in [-0.39, 0.29) is 23.2 Å². The third-order valence-corrected chi connectivity index (χ3v) is 4.37. The molecule has 1 saturated carbocycles. The van der Waals surface area contributed by atoms with Gasteiger partial charge in [0.2, 0.25) is 0 Å². The lowest BCUT2D eigenvalue weighted by Gasteiger charge is -2.48. The molecule has 5 heteroatoms. The Hall–Kier alpha value is -0.810. The second kappa shape index (κ2) is 5.90. The van der Waals surface area contributed by atoms with Crippen LogP contribution in [0, 0.1) is 5.41 Å². The number of nitrogens with one attached hydrogen (secondary N) is 1. The number of carbonyl (C=O) groups excluding carboxylic acids is 1. The van der Waals surface area contributed by atoms with Crippen molar-refractivity contribution in [1.29, 1.82) is 0 Å². The van der Waals surface area contributed by atoms with E-state index in [0.717, 1.165) is 19.4 Å². The highest BCUT2D eigenvalue weighted by Gasteiger charge is 2.43. The number of aliphatic hydroxyl groups excluding tert-OH is 1. The van der Waals surface area contributed by atoms with Gasteiger partial charge in [-0.2, -0.15) is 0 Å². The molecule has 1 aliphatic heterocycles. The van der Waals surface area contributed by atoms with Crippen LogP contribution in [-0.2, 0) is 4.74 Å². The zero-order chi connectivity index (χ0) is 14.8. The smallest absolute Gasteiger partial charge is 0.317 e. The second-order valence-corrected chi connectivity index (χ2v) is 7.18. The monoisotopic (exact) mass is 284 g/mol. The molecule has 2 N–H and O–H groups in total. The highest BCUT2D eigenvalue weighted by atomic mass is 16.5. The lowest BCUT2D eigenvalue weighted by molar-refractivity contribution is -0.141. The number of nitrogens with zero attached hydrogens (tertiary/aromatic N) is 1. The van der Waals surface area contributed by atoms with Crippen LogP contribution in [0.2, 0.25) is 0 Å². The number of aliphatic hydroxyl groups is 1. The van der Waals surface area contributed by atoms with Gasteiger partial charge < -0.3 is 20.1 Å². The number of rotatable bonds is 4. The first-order valence-electron chi connectivity index (χ1n) is 7.67. The van der Waals surface area contributed by atoms with Crippen molar-refractivity contribution in [3.8, 4) is 0 Å². The third kappa shape index (κ3) is 3.85. The summed E-state index contributed by atoms with van der Waals surface area (Å²) in [4.78, 5) is 14.1. The molecule has 0 aromatic heterocycles. The first kappa shape index (κ1) is 15.6. The Morgan fingerprint density at radius 3 is 2.75 bits per heavy atom. The maximum absolute atomic E-state index is 12.3. The number of hydrogen-bond acceptors (Lipinski definition) is 3. The number of carbonyl (C=O) groups is 1. The van der Waals surface area contributed by atoms with Crippen molar-refractivity contribution in [1.82, 2.24) is 10.2 Å². The number of urea groups is 1. The molecular weight excluding hydrogens is 256 g/mol. The quantitative estimate of drug-likeness (QED) is 0.827. The SMILES string of the molecule is CC(O)CC(C)(C)CNC(=O)N1CCOC2(CCC2)C1. The molecule has 1 heterocycles. The highest BCUT2D eigenvalue weighted by molar-refractivity contribution is 5.74. The summed E-state index contributed by atoms with van der Waals surface area (Å²) in [6, 6.07) is -0.00163. The normalized spacial score (nSPS) is 23.3. The molecule has 1 aliphatic carbocycles. The summed E-state index contributed by atoms with van der Waals surface area (Å²) < 4.78 is 5.83. The third-order valence-electron chi connectivity index (χ3n) is 4.37. The minimum atomic E-state index is -0.344. The number of hydrogen-bond donors (Lipinski definition) is 2. The van der Waals surface area contributed by atoms with Gasteiger partial charge >= 0.3 is 6.03 Å². The summed E-state index contributed by atoms with van der Waals surface area (Å²) >= 11 is 0. The molecule has 2 amide bonds. The topological polar surface area (TPSA) is 61.8 Å². The lowest BCUT2D eigenvalue weighted by atomic mass is 9.79. The molecular formula is C15H28N2O3. The van der Waals surface area contributed by atoms with E-state index in [2.05, 4.69) is 19.2 Å². The molecule has 20 heavy (non-hydrogen) atoms. The molecule has 0 aromatic carbocycles. The molecule has 1 unspecified atom stereocenters. The van der Waals surface area contributed by atoms with E-state index >= 15 is 0 Å². The fraction of sp³-hybridized carbons (Fsp3) is 0.933. The molecule has 1 saturated heterocycles. The standard InChI is InChI=1S/C15H28N2O3/c1-12(18)9-14(2,3)10-16-13(19)17-7-8-20-15(11-17)5-4-6-15/h12,18H,4-11H2,1-3H3,(H,16,19). The zero-order valence-electron chi connectivity index (χ0n) is 12.9. The molecule has 0 radical (unpaired) electrons. The van der Waals surface area contributed by atoms with Gasteiger partial charge in [0.05, 0.1) is 24.9 Å². The molecule has 2 rings (SSSR count). The van der Waals surface area contributed by atoms with Crippen LogP contribution in [0.5, 0.6) is 0 Å². The van der Waals surface area contributed by atoms with Crippen LogP contribution in [0.25, 0.3) is 0 Å². The Morgan fingerprint density at radius 1 is 1.50 bits per heavy atom. The summed E-state index contributed by atoms with van der Waals surface area (Å²) in [6.45, 7) is 8.52. The Kier molecular flexibility index (Phi) is 4.59. The van der Waals surface area contributed by atoms with E-state index in [0.29, 0.717) is 26.1 Å². The van der Waals surface area contributed by atoms with Crippen molar-refractivity contribution in [2.24, 2.45) is 5.41 Å². The van der Waals surface area contributed by atoms with Crippen LogP contribution in [-0.4, -0.2) is 54.0 Å². The number of amides is 2. The van der Waals surface area contributed by atoms with E-state index in [1.807, 2.05) is 4.90 Å². The van der Waals surface area contributed by atoms with Crippen LogP contribution in [0.1, 0.15) is 46.5 Å². The Labute approximate surface area is 121 Å². The van der Waals surface area contributed by atoms with Gasteiger partial charge in [0, 0.05) is 13.1 Å². The van der Waals surface area contributed by atoms with E-state index in [1.165, 1.54) is 6.42 Å². The van der Waals surface area contributed by atoms with Crippen molar-refractivity contribution in [3.63, 3.8) is 0 Å².